The van der Waals surface area contributed by atoms with Gasteiger partial charge in [0.1, 0.15) is 0 Å². The largest absolute Gasteiger partial charge is 0.368 e. The minimum atomic E-state index is 0.117. The summed E-state index contributed by atoms with van der Waals surface area (Å²) in [5, 5.41) is 4.43. The second kappa shape index (κ2) is 3.98. The van der Waals surface area contributed by atoms with Gasteiger partial charge < -0.3 is 11.5 Å². The Hall–Kier alpha value is -1.10. The van der Waals surface area contributed by atoms with Gasteiger partial charge in [0.15, 0.2) is 5.82 Å². The molecule has 96 valence electrons. The molecule has 0 amide bonds. The molecule has 1 aromatic rings. The first-order valence-electron chi connectivity index (χ1n) is 6.26. The van der Waals surface area contributed by atoms with Crippen molar-refractivity contribution in [3.05, 3.63) is 5.82 Å². The average molecular weight is 237 g/mol. The lowest BCUT2D eigenvalue weighted by atomic mass is 9.61. The molecule has 1 aromatic heterocycles. The van der Waals surface area contributed by atoms with Crippen LogP contribution < -0.4 is 11.5 Å². The first-order valence-corrected chi connectivity index (χ1v) is 6.26. The van der Waals surface area contributed by atoms with E-state index in [4.69, 9.17) is 11.5 Å². The molecular formula is C12H23N5. The van der Waals surface area contributed by atoms with Gasteiger partial charge in [-0.3, -0.25) is 0 Å². The van der Waals surface area contributed by atoms with Crippen LogP contribution in [0.5, 0.6) is 0 Å². The van der Waals surface area contributed by atoms with Crippen LogP contribution in [0.25, 0.3) is 0 Å². The van der Waals surface area contributed by atoms with Crippen LogP contribution in [0.3, 0.4) is 0 Å². The summed E-state index contributed by atoms with van der Waals surface area (Å²) in [5.74, 6) is 2.17. The molecule has 4 N–H and O–H groups in total. The zero-order chi connectivity index (χ0) is 12.8. The Morgan fingerprint density at radius 2 is 2.00 bits per heavy atom. The maximum atomic E-state index is 6.16. The molecule has 17 heavy (non-hydrogen) atoms. The van der Waals surface area contributed by atoms with Gasteiger partial charge >= 0.3 is 0 Å². The Morgan fingerprint density at radius 3 is 2.53 bits per heavy atom. The summed E-state index contributed by atoms with van der Waals surface area (Å²) in [7, 11) is 1.83. The molecular weight excluding hydrogens is 214 g/mol. The lowest BCUT2D eigenvalue weighted by molar-refractivity contribution is 0.0948. The topological polar surface area (TPSA) is 82.7 Å². The predicted octanol–water partition coefficient (Wildman–Crippen LogP) is 1.26. The first-order chi connectivity index (χ1) is 7.84. The van der Waals surface area contributed by atoms with Gasteiger partial charge in [-0.25, -0.2) is 4.68 Å². The maximum Gasteiger partial charge on any atom is 0.218 e. The van der Waals surface area contributed by atoms with E-state index in [0.717, 1.165) is 18.7 Å². The molecule has 0 bridgehead atoms. The summed E-state index contributed by atoms with van der Waals surface area (Å²) in [5.41, 5.74) is 12.0. The van der Waals surface area contributed by atoms with Crippen LogP contribution in [0.2, 0.25) is 0 Å². The molecule has 3 unspecified atom stereocenters. The third-order valence-electron chi connectivity index (χ3n) is 4.63. The number of aryl methyl sites for hydroxylation is 1. The molecule has 0 aliphatic heterocycles. The van der Waals surface area contributed by atoms with Crippen molar-refractivity contribution in [2.45, 2.75) is 45.6 Å². The molecule has 5 heteroatoms. The van der Waals surface area contributed by atoms with E-state index in [0.29, 0.717) is 17.8 Å². The summed E-state index contributed by atoms with van der Waals surface area (Å²) in [6.45, 7) is 6.74. The third kappa shape index (κ3) is 1.92. The van der Waals surface area contributed by atoms with Crippen LogP contribution in [-0.4, -0.2) is 20.8 Å². The fourth-order valence-electron chi connectivity index (χ4n) is 2.88. The van der Waals surface area contributed by atoms with Crippen LogP contribution in [0.1, 0.15) is 45.4 Å². The molecule has 1 saturated carbocycles. The van der Waals surface area contributed by atoms with Gasteiger partial charge in [0, 0.05) is 19.0 Å². The van der Waals surface area contributed by atoms with Crippen molar-refractivity contribution in [3.8, 4) is 0 Å². The number of nitrogens with zero attached hydrogens (tertiary/aromatic N) is 3. The van der Waals surface area contributed by atoms with Crippen molar-refractivity contribution < 1.29 is 0 Å². The standard InChI is InChI=1S/C12H23N5/c1-7-9(13)6-5-8(12(7,2)3)10-15-11(14)17(4)16-10/h7-9H,5-6,13H2,1-4H3,(H2,14,15,16). The second-order valence-corrected chi connectivity index (χ2v) is 5.86. The lowest BCUT2D eigenvalue weighted by Crippen LogP contribution is -2.46. The highest BCUT2D eigenvalue weighted by Crippen LogP contribution is 2.48. The molecule has 1 aliphatic rings. The fourth-order valence-corrected chi connectivity index (χ4v) is 2.88. The predicted molar refractivity (Wildman–Crippen MR) is 68.3 cm³/mol. The summed E-state index contributed by atoms with van der Waals surface area (Å²) in [4.78, 5) is 4.38. The van der Waals surface area contributed by atoms with Gasteiger partial charge in [0.25, 0.3) is 0 Å². The van der Waals surface area contributed by atoms with Crippen molar-refractivity contribution in [2.24, 2.45) is 24.1 Å². The molecule has 5 nitrogen and oxygen atoms in total. The van der Waals surface area contributed by atoms with E-state index in [9.17, 15) is 0 Å². The Balaban J connectivity index is 2.32. The van der Waals surface area contributed by atoms with Gasteiger partial charge in [-0.15, -0.1) is 0 Å². The smallest absolute Gasteiger partial charge is 0.218 e. The minimum absolute atomic E-state index is 0.117. The van der Waals surface area contributed by atoms with Crippen LogP contribution in [0, 0.1) is 11.3 Å². The SMILES string of the molecule is CC1C(N)CCC(c2nc(N)n(C)n2)C1(C)C. The summed E-state index contributed by atoms with van der Waals surface area (Å²) in [6, 6.07) is 0.280. The maximum absolute atomic E-state index is 6.16. The first kappa shape index (κ1) is 12.4. The zero-order valence-electron chi connectivity index (χ0n) is 11.1. The normalized spacial score (nSPS) is 32.6. The van der Waals surface area contributed by atoms with E-state index in [1.165, 1.54) is 0 Å². The van der Waals surface area contributed by atoms with Crippen molar-refractivity contribution in [2.75, 3.05) is 5.73 Å². The Kier molecular flexibility index (Phi) is 2.89. The molecule has 0 aromatic carbocycles. The van der Waals surface area contributed by atoms with Gasteiger partial charge in [-0.05, 0) is 24.2 Å². The minimum Gasteiger partial charge on any atom is -0.368 e. The zero-order valence-corrected chi connectivity index (χ0v) is 11.1. The highest BCUT2D eigenvalue weighted by molar-refractivity contribution is 5.19. The fraction of sp³-hybridized carbons (Fsp3) is 0.833. The van der Waals surface area contributed by atoms with E-state index in [1.54, 1.807) is 4.68 Å². The highest BCUT2D eigenvalue weighted by Gasteiger charge is 2.44. The lowest BCUT2D eigenvalue weighted by Gasteiger charge is -2.45. The Morgan fingerprint density at radius 1 is 1.35 bits per heavy atom. The van der Waals surface area contributed by atoms with E-state index in [2.05, 4.69) is 30.9 Å². The summed E-state index contributed by atoms with van der Waals surface area (Å²) in [6.07, 6.45) is 2.08. The Bertz CT molecular complexity index is 390. The van der Waals surface area contributed by atoms with Gasteiger partial charge in [0.2, 0.25) is 5.95 Å². The van der Waals surface area contributed by atoms with Gasteiger partial charge in [0.05, 0.1) is 0 Å². The van der Waals surface area contributed by atoms with Crippen LogP contribution in [-0.2, 0) is 7.05 Å². The second-order valence-electron chi connectivity index (χ2n) is 5.86. The molecule has 1 fully saturated rings. The molecule has 0 spiro atoms. The van der Waals surface area contributed by atoms with Crippen molar-refractivity contribution in [1.29, 1.82) is 0 Å². The summed E-state index contributed by atoms with van der Waals surface area (Å²) < 4.78 is 1.64. The van der Waals surface area contributed by atoms with Crippen molar-refractivity contribution in [3.63, 3.8) is 0 Å². The highest BCUT2D eigenvalue weighted by atomic mass is 15.4. The third-order valence-corrected chi connectivity index (χ3v) is 4.63. The van der Waals surface area contributed by atoms with Crippen LogP contribution in [0.4, 0.5) is 5.95 Å². The Labute approximate surface area is 103 Å². The number of nitrogen functional groups attached to an aromatic ring is 1. The number of hydrogen-bond acceptors (Lipinski definition) is 4. The number of hydrogen-bond donors (Lipinski definition) is 2. The van der Waals surface area contributed by atoms with Crippen molar-refractivity contribution in [1.82, 2.24) is 14.8 Å². The molecule has 0 radical (unpaired) electrons. The van der Waals surface area contributed by atoms with E-state index < -0.39 is 0 Å². The molecule has 0 saturated heterocycles. The monoisotopic (exact) mass is 237 g/mol. The summed E-state index contributed by atoms with van der Waals surface area (Å²) >= 11 is 0. The van der Waals surface area contributed by atoms with Crippen LogP contribution in [0.15, 0.2) is 0 Å². The molecule has 3 atom stereocenters. The number of aromatic nitrogens is 3. The number of anilines is 1. The van der Waals surface area contributed by atoms with Gasteiger partial charge in [-0.2, -0.15) is 10.1 Å². The molecule has 1 aliphatic carbocycles. The number of nitrogens with two attached hydrogens (primary N) is 2. The van der Waals surface area contributed by atoms with E-state index in [-0.39, 0.29) is 11.5 Å². The van der Waals surface area contributed by atoms with Crippen LogP contribution >= 0.6 is 0 Å². The number of rotatable bonds is 1. The molecule has 1 heterocycles. The average Bonchev–Trinajstić information content (AvgIpc) is 2.55. The van der Waals surface area contributed by atoms with E-state index >= 15 is 0 Å². The quantitative estimate of drug-likeness (QED) is 0.770. The van der Waals surface area contributed by atoms with Crippen molar-refractivity contribution >= 4 is 5.95 Å². The van der Waals surface area contributed by atoms with E-state index in [1.807, 2.05) is 7.05 Å². The van der Waals surface area contributed by atoms with Gasteiger partial charge in [-0.1, -0.05) is 20.8 Å². The molecule has 2 rings (SSSR count).